The topological polar surface area (TPSA) is 66.3 Å². The monoisotopic (exact) mass is 417 g/mol. The van der Waals surface area contributed by atoms with Crippen molar-refractivity contribution in [2.75, 3.05) is 7.11 Å². The highest BCUT2D eigenvalue weighted by atomic mass is 16.5. The van der Waals surface area contributed by atoms with Gasteiger partial charge in [-0.25, -0.2) is 0 Å². The summed E-state index contributed by atoms with van der Waals surface area (Å²) in [4.78, 5) is 12.3. The molecular weight excluding hydrogens is 388 g/mol. The number of hydrogen-bond donors (Lipinski definition) is 1. The van der Waals surface area contributed by atoms with E-state index in [0.29, 0.717) is 24.9 Å². The molecule has 1 aromatic heterocycles. The summed E-state index contributed by atoms with van der Waals surface area (Å²) in [5, 5.41) is 16.8. The van der Waals surface area contributed by atoms with Gasteiger partial charge in [0.05, 0.1) is 24.3 Å². The van der Waals surface area contributed by atoms with Gasteiger partial charge in [-0.15, -0.1) is 0 Å². The zero-order valence-corrected chi connectivity index (χ0v) is 18.0. The lowest BCUT2D eigenvalue weighted by Gasteiger charge is -2.23. The summed E-state index contributed by atoms with van der Waals surface area (Å²) in [5.74, 6) is -0.455. The number of benzene rings is 2. The Morgan fingerprint density at radius 1 is 1.19 bits per heavy atom. The van der Waals surface area contributed by atoms with Gasteiger partial charge in [-0.3, -0.25) is 0 Å². The largest absolute Gasteiger partial charge is 0.543 e. The number of carboxylic acid groups (broad SMARTS) is 1. The molecule has 1 aliphatic carbocycles. The van der Waals surface area contributed by atoms with Gasteiger partial charge in [-0.05, 0) is 36.1 Å². The number of carbonyl (C=O) groups excluding carboxylic acids is 1. The Morgan fingerprint density at radius 2 is 1.94 bits per heavy atom. The summed E-state index contributed by atoms with van der Waals surface area (Å²) in [7, 11) is 1.62. The van der Waals surface area contributed by atoms with Gasteiger partial charge in [0.2, 0.25) is 0 Å². The molecule has 0 aliphatic heterocycles. The number of aromatic nitrogens is 1. The molecule has 4 rings (SSSR count). The van der Waals surface area contributed by atoms with E-state index in [1.54, 1.807) is 13.2 Å². The first-order valence-electron chi connectivity index (χ1n) is 11.0. The highest BCUT2D eigenvalue weighted by molar-refractivity contribution is 5.98. The Hall–Kier alpha value is -3.05. The van der Waals surface area contributed by atoms with Gasteiger partial charge >= 0.3 is 0 Å². The molecule has 1 N–H and O–H groups in total. The molecule has 1 saturated carbocycles. The first-order valence-corrected chi connectivity index (χ1v) is 11.0. The number of fused-ring (bicyclic) bond motifs is 1. The van der Waals surface area contributed by atoms with Crippen molar-refractivity contribution in [3.8, 4) is 5.75 Å². The molecule has 5 nitrogen and oxygen atoms in total. The maximum Gasteiger partial charge on any atom is 0.120 e. The summed E-state index contributed by atoms with van der Waals surface area (Å²) in [6.07, 6.45) is 7.81. The Balaban J connectivity index is 1.76. The summed E-state index contributed by atoms with van der Waals surface area (Å²) in [6, 6.07) is 14.2. The minimum Gasteiger partial charge on any atom is -0.543 e. The van der Waals surface area contributed by atoms with Crippen LogP contribution in [0.25, 0.3) is 17.0 Å². The molecule has 0 unspecified atom stereocenters. The molecule has 0 atom stereocenters. The average Bonchev–Trinajstić information content (AvgIpc) is 3.11. The van der Waals surface area contributed by atoms with Crippen LogP contribution in [0.1, 0.15) is 59.3 Å². The Morgan fingerprint density at radius 3 is 2.58 bits per heavy atom. The van der Waals surface area contributed by atoms with Crippen LogP contribution in [0.2, 0.25) is 0 Å². The Bertz CT molecular complexity index is 1080. The second-order valence-electron chi connectivity index (χ2n) is 8.25. The molecular formula is C26H29N2O3-. The molecule has 3 aromatic rings. The van der Waals surface area contributed by atoms with Crippen LogP contribution in [0, 0.1) is 0 Å². The third-order valence-electron chi connectivity index (χ3n) is 6.30. The van der Waals surface area contributed by atoms with E-state index in [-0.39, 0.29) is 5.69 Å². The van der Waals surface area contributed by atoms with E-state index in [2.05, 4.69) is 11.9 Å². The van der Waals surface area contributed by atoms with E-state index < -0.39 is 5.97 Å². The molecule has 0 radical (unpaired) electrons. The van der Waals surface area contributed by atoms with Crippen molar-refractivity contribution in [3.05, 3.63) is 71.4 Å². The molecule has 162 valence electrons. The average molecular weight is 418 g/mol. The van der Waals surface area contributed by atoms with Crippen molar-refractivity contribution in [1.29, 1.82) is 0 Å². The molecule has 1 fully saturated rings. The van der Waals surface area contributed by atoms with Crippen molar-refractivity contribution >= 4 is 22.9 Å². The zero-order chi connectivity index (χ0) is 21.8. The van der Waals surface area contributed by atoms with E-state index in [1.807, 2.05) is 47.0 Å². The molecule has 2 aromatic carbocycles. The number of methoxy groups -OCH3 is 1. The van der Waals surface area contributed by atoms with Crippen molar-refractivity contribution in [2.45, 2.75) is 51.2 Å². The van der Waals surface area contributed by atoms with Gasteiger partial charge in [0.15, 0.2) is 0 Å². The Labute approximate surface area is 183 Å². The van der Waals surface area contributed by atoms with Gasteiger partial charge in [-0.1, -0.05) is 56.2 Å². The standard InChI is InChI=1S/C26H30N2O3/c1-3-18-9-11-19(12-10-18)17-28-24-15-21(31-2)13-14-22(24)23(25(28)26(29)30)16-27-20-7-5-4-6-8-20/h3,9-15,20,27H,1,4-8,16-17H2,2H3,(H,29,30)/p-1. The molecule has 31 heavy (non-hydrogen) atoms. The first-order chi connectivity index (χ1) is 15.1. The number of carboxylic acids is 1. The van der Waals surface area contributed by atoms with Crippen molar-refractivity contribution < 1.29 is 14.6 Å². The number of nitrogens with one attached hydrogen (secondary N) is 1. The third kappa shape index (κ3) is 4.52. The van der Waals surface area contributed by atoms with Crippen LogP contribution >= 0.6 is 0 Å². The van der Waals surface area contributed by atoms with E-state index in [9.17, 15) is 9.90 Å². The van der Waals surface area contributed by atoms with E-state index in [0.717, 1.165) is 40.4 Å². The molecule has 1 aliphatic rings. The number of hydrogen-bond acceptors (Lipinski definition) is 4. The lowest BCUT2D eigenvalue weighted by Crippen LogP contribution is -2.32. The van der Waals surface area contributed by atoms with Gasteiger partial charge in [0, 0.05) is 36.1 Å². The lowest BCUT2D eigenvalue weighted by atomic mass is 9.95. The van der Waals surface area contributed by atoms with Crippen LogP contribution in [-0.2, 0) is 13.1 Å². The molecule has 0 spiro atoms. The molecule has 1 heterocycles. The van der Waals surface area contributed by atoms with Crippen LogP contribution in [0.15, 0.2) is 49.0 Å². The van der Waals surface area contributed by atoms with Gasteiger partial charge < -0.3 is 24.5 Å². The lowest BCUT2D eigenvalue weighted by molar-refractivity contribution is -0.255. The van der Waals surface area contributed by atoms with Crippen LogP contribution in [0.3, 0.4) is 0 Å². The van der Waals surface area contributed by atoms with Crippen LogP contribution in [0.5, 0.6) is 5.75 Å². The fourth-order valence-electron chi connectivity index (χ4n) is 4.60. The third-order valence-corrected chi connectivity index (χ3v) is 6.30. The molecule has 0 amide bonds. The first kappa shape index (κ1) is 21.2. The van der Waals surface area contributed by atoms with Gasteiger partial charge in [-0.2, -0.15) is 0 Å². The van der Waals surface area contributed by atoms with E-state index in [4.69, 9.17) is 4.74 Å². The second-order valence-corrected chi connectivity index (χ2v) is 8.25. The normalized spacial score (nSPS) is 14.6. The quantitative estimate of drug-likeness (QED) is 0.599. The molecule has 5 heteroatoms. The van der Waals surface area contributed by atoms with Crippen molar-refractivity contribution in [1.82, 2.24) is 9.88 Å². The smallest absolute Gasteiger partial charge is 0.120 e. The minimum atomic E-state index is -1.15. The van der Waals surface area contributed by atoms with Crippen LogP contribution in [-0.4, -0.2) is 23.7 Å². The summed E-state index contributed by atoms with van der Waals surface area (Å²) < 4.78 is 7.26. The van der Waals surface area contributed by atoms with Crippen molar-refractivity contribution in [3.63, 3.8) is 0 Å². The fraction of sp³-hybridized carbons (Fsp3) is 0.346. The van der Waals surface area contributed by atoms with Gasteiger partial charge in [0.1, 0.15) is 5.75 Å². The number of ether oxygens (including phenoxy) is 1. The maximum absolute atomic E-state index is 12.3. The number of aromatic carboxylic acids is 1. The predicted molar refractivity (Wildman–Crippen MR) is 122 cm³/mol. The van der Waals surface area contributed by atoms with Crippen LogP contribution in [0.4, 0.5) is 0 Å². The highest BCUT2D eigenvalue weighted by Crippen LogP contribution is 2.31. The molecule has 0 bridgehead atoms. The van der Waals surface area contributed by atoms with E-state index in [1.165, 1.54) is 19.3 Å². The summed E-state index contributed by atoms with van der Waals surface area (Å²) in [6.45, 7) is 4.74. The Kier molecular flexibility index (Phi) is 6.42. The number of carbonyl (C=O) groups is 1. The fourth-order valence-corrected chi connectivity index (χ4v) is 4.60. The minimum absolute atomic E-state index is 0.236. The van der Waals surface area contributed by atoms with Crippen LogP contribution < -0.4 is 15.2 Å². The van der Waals surface area contributed by atoms with Gasteiger partial charge in [0.25, 0.3) is 0 Å². The number of nitrogens with zero attached hydrogens (tertiary/aromatic N) is 1. The predicted octanol–water partition coefficient (Wildman–Crippen LogP) is 4.13. The highest BCUT2D eigenvalue weighted by Gasteiger charge is 2.21. The zero-order valence-electron chi connectivity index (χ0n) is 18.0. The SMILES string of the molecule is C=Cc1ccc(Cn2c(C(=O)[O-])c(CNC3CCCCC3)c3ccc(OC)cc32)cc1. The maximum atomic E-state index is 12.3. The summed E-state index contributed by atoms with van der Waals surface area (Å²) >= 11 is 0. The molecule has 0 saturated heterocycles. The number of rotatable bonds is 8. The van der Waals surface area contributed by atoms with Crippen molar-refractivity contribution in [2.24, 2.45) is 0 Å². The second kappa shape index (κ2) is 9.40. The summed E-state index contributed by atoms with van der Waals surface area (Å²) in [5.41, 5.74) is 3.90. The van der Waals surface area contributed by atoms with E-state index >= 15 is 0 Å².